The molecule has 1 saturated heterocycles. The van der Waals surface area contributed by atoms with Crippen molar-refractivity contribution in [2.45, 2.75) is 12.8 Å². The topological polar surface area (TPSA) is 117 Å². The van der Waals surface area contributed by atoms with E-state index in [1.54, 1.807) is 55.7 Å². The Kier molecular flexibility index (Phi) is 6.82. The number of fused-ring (bicyclic) bond motifs is 1. The van der Waals surface area contributed by atoms with E-state index < -0.39 is 5.91 Å². The number of nitrogen functional groups attached to an aromatic ring is 1. The largest absolute Gasteiger partial charge is 0.493 e. The highest BCUT2D eigenvalue weighted by molar-refractivity contribution is 6.06. The Balaban J connectivity index is 1.33. The lowest BCUT2D eigenvalue weighted by atomic mass is 10.0. The zero-order valence-electron chi connectivity index (χ0n) is 21.4. The Labute approximate surface area is 221 Å². The predicted molar refractivity (Wildman–Crippen MR) is 147 cm³/mol. The number of hydrogen-bond acceptors (Lipinski definition) is 7. The van der Waals surface area contributed by atoms with Crippen molar-refractivity contribution in [3.05, 3.63) is 78.4 Å². The van der Waals surface area contributed by atoms with Crippen molar-refractivity contribution in [2.75, 3.05) is 39.1 Å². The van der Waals surface area contributed by atoms with Gasteiger partial charge in [-0.15, -0.1) is 0 Å². The van der Waals surface area contributed by atoms with E-state index >= 15 is 0 Å². The number of ketones is 1. The lowest BCUT2D eigenvalue weighted by Gasteiger charge is -2.19. The molecule has 0 bridgehead atoms. The standard InChI is InChI=1S/C30H31N3O5/c1-3-5-25(38-20-8-9-21-19(14-20)6-4-7-22(21)29(32)35)23-15-26(36-2)27(16-24(23)31)37-13-12-33-17-28(34)30(18-33)10-11-30/h3-9,14-16H,1,10-13,17-18,31H2,2H3,(H2,32,35)/b25-5+. The summed E-state index contributed by atoms with van der Waals surface area (Å²) in [4.78, 5) is 26.1. The van der Waals surface area contributed by atoms with Crippen molar-refractivity contribution < 1.29 is 23.8 Å². The minimum atomic E-state index is -0.487. The van der Waals surface area contributed by atoms with Crippen LogP contribution in [0.15, 0.2) is 67.3 Å². The number of anilines is 1. The first-order chi connectivity index (χ1) is 18.3. The summed E-state index contributed by atoms with van der Waals surface area (Å²) in [6.07, 6.45) is 5.34. The Hall–Kier alpha value is -4.30. The highest BCUT2D eigenvalue weighted by Gasteiger charge is 2.54. The molecule has 2 aliphatic rings. The zero-order valence-corrected chi connectivity index (χ0v) is 21.4. The number of carbonyl (C=O) groups excluding carboxylic acids is 2. The third-order valence-corrected chi connectivity index (χ3v) is 7.22. The fourth-order valence-electron chi connectivity index (χ4n) is 4.99. The number of likely N-dealkylation sites (tertiary alicyclic amines) is 1. The minimum Gasteiger partial charge on any atom is -0.493 e. The van der Waals surface area contributed by atoms with Crippen LogP contribution in [0.1, 0.15) is 28.8 Å². The molecule has 1 amide bonds. The number of allylic oxidation sites excluding steroid dienone is 2. The van der Waals surface area contributed by atoms with Crippen molar-refractivity contribution in [2.24, 2.45) is 11.1 Å². The third-order valence-electron chi connectivity index (χ3n) is 7.22. The van der Waals surface area contributed by atoms with Gasteiger partial charge >= 0.3 is 0 Å². The number of rotatable bonds is 10. The molecule has 1 aliphatic heterocycles. The molecule has 5 rings (SSSR count). The van der Waals surface area contributed by atoms with Crippen LogP contribution in [0.2, 0.25) is 0 Å². The summed E-state index contributed by atoms with van der Waals surface area (Å²) >= 11 is 0. The molecule has 38 heavy (non-hydrogen) atoms. The molecule has 8 heteroatoms. The van der Waals surface area contributed by atoms with Gasteiger partial charge in [-0.1, -0.05) is 24.8 Å². The van der Waals surface area contributed by atoms with Crippen molar-refractivity contribution in [1.82, 2.24) is 4.90 Å². The van der Waals surface area contributed by atoms with E-state index in [1.807, 2.05) is 12.1 Å². The third kappa shape index (κ3) is 4.95. The van der Waals surface area contributed by atoms with E-state index in [-0.39, 0.29) is 5.41 Å². The van der Waals surface area contributed by atoms with Gasteiger partial charge in [0.25, 0.3) is 0 Å². The lowest BCUT2D eigenvalue weighted by molar-refractivity contribution is -0.120. The number of hydrogen-bond donors (Lipinski definition) is 2. The van der Waals surface area contributed by atoms with E-state index in [4.69, 9.17) is 25.7 Å². The van der Waals surface area contributed by atoms with Gasteiger partial charge in [0, 0.05) is 41.4 Å². The molecule has 1 spiro atoms. The van der Waals surface area contributed by atoms with Crippen LogP contribution in [0, 0.1) is 5.41 Å². The summed E-state index contributed by atoms with van der Waals surface area (Å²) in [5.74, 6) is 1.92. The summed E-state index contributed by atoms with van der Waals surface area (Å²) in [7, 11) is 1.57. The predicted octanol–water partition coefficient (Wildman–Crippen LogP) is 4.18. The monoisotopic (exact) mass is 513 g/mol. The Morgan fingerprint density at radius 3 is 2.63 bits per heavy atom. The quantitative estimate of drug-likeness (QED) is 0.237. The second-order valence-electron chi connectivity index (χ2n) is 9.77. The molecule has 8 nitrogen and oxygen atoms in total. The molecule has 0 atom stereocenters. The molecule has 3 aromatic rings. The summed E-state index contributed by atoms with van der Waals surface area (Å²) in [5, 5.41) is 1.56. The van der Waals surface area contributed by atoms with E-state index in [9.17, 15) is 9.59 Å². The molecule has 4 N–H and O–H groups in total. The number of nitrogens with two attached hydrogens (primary N) is 2. The van der Waals surface area contributed by atoms with Gasteiger partial charge < -0.3 is 25.7 Å². The van der Waals surface area contributed by atoms with Crippen LogP contribution in [0.4, 0.5) is 5.69 Å². The first-order valence-electron chi connectivity index (χ1n) is 12.5. The maximum atomic E-state index is 12.2. The summed E-state index contributed by atoms with van der Waals surface area (Å²) in [6.45, 7) is 6.18. The fourth-order valence-corrected chi connectivity index (χ4v) is 4.99. The number of amides is 1. The Morgan fingerprint density at radius 1 is 1.13 bits per heavy atom. The zero-order chi connectivity index (χ0) is 26.9. The molecule has 1 heterocycles. The first-order valence-corrected chi connectivity index (χ1v) is 12.5. The van der Waals surface area contributed by atoms with E-state index in [2.05, 4.69) is 11.5 Å². The van der Waals surface area contributed by atoms with Gasteiger partial charge in [0.15, 0.2) is 17.3 Å². The van der Waals surface area contributed by atoms with Gasteiger partial charge in [-0.25, -0.2) is 0 Å². The number of carbonyl (C=O) groups is 2. The number of benzene rings is 3. The second kappa shape index (κ2) is 10.2. The Morgan fingerprint density at radius 2 is 1.95 bits per heavy atom. The fraction of sp³-hybridized carbons (Fsp3) is 0.267. The van der Waals surface area contributed by atoms with E-state index in [0.29, 0.717) is 65.3 Å². The van der Waals surface area contributed by atoms with Crippen molar-refractivity contribution in [3.63, 3.8) is 0 Å². The maximum absolute atomic E-state index is 12.2. The molecular weight excluding hydrogens is 482 g/mol. The van der Waals surface area contributed by atoms with Crippen LogP contribution in [0.25, 0.3) is 16.5 Å². The van der Waals surface area contributed by atoms with Crippen LogP contribution in [-0.2, 0) is 4.79 Å². The van der Waals surface area contributed by atoms with Gasteiger partial charge in [-0.2, -0.15) is 0 Å². The van der Waals surface area contributed by atoms with Gasteiger partial charge in [0.1, 0.15) is 18.1 Å². The summed E-state index contributed by atoms with van der Waals surface area (Å²) in [5.41, 5.74) is 13.4. The molecule has 0 aromatic heterocycles. The average Bonchev–Trinajstić information content (AvgIpc) is 3.61. The highest BCUT2D eigenvalue weighted by Crippen LogP contribution is 2.50. The van der Waals surface area contributed by atoms with E-state index in [0.717, 1.165) is 30.2 Å². The van der Waals surface area contributed by atoms with E-state index in [1.165, 1.54) is 0 Å². The Bertz CT molecular complexity index is 1460. The maximum Gasteiger partial charge on any atom is 0.249 e. The SMILES string of the molecule is C=C/C=C(/Oc1ccc2c(C(N)=O)cccc2c1)c1cc(OC)c(OCCN2CC(=O)C3(CC3)C2)cc1N. The van der Waals surface area contributed by atoms with Crippen LogP contribution in [-0.4, -0.2) is 49.9 Å². The first kappa shape index (κ1) is 25.4. The summed E-state index contributed by atoms with van der Waals surface area (Å²) < 4.78 is 17.8. The average molecular weight is 514 g/mol. The lowest BCUT2D eigenvalue weighted by Crippen LogP contribution is -2.26. The van der Waals surface area contributed by atoms with Crippen molar-refractivity contribution in [3.8, 4) is 17.2 Å². The van der Waals surface area contributed by atoms with Gasteiger partial charge in [0.2, 0.25) is 5.91 Å². The molecule has 3 aromatic carbocycles. The number of ether oxygens (including phenoxy) is 3. The van der Waals surface area contributed by atoms with Crippen LogP contribution in [0.3, 0.4) is 0 Å². The van der Waals surface area contributed by atoms with Gasteiger partial charge in [-0.3, -0.25) is 14.5 Å². The molecule has 0 unspecified atom stereocenters. The summed E-state index contributed by atoms with van der Waals surface area (Å²) in [6, 6.07) is 14.2. The van der Waals surface area contributed by atoms with Crippen LogP contribution >= 0.6 is 0 Å². The van der Waals surface area contributed by atoms with Crippen molar-refractivity contribution >= 4 is 33.9 Å². The highest BCUT2D eigenvalue weighted by atomic mass is 16.5. The number of primary amides is 1. The molecule has 2 fully saturated rings. The molecule has 196 valence electrons. The van der Waals surface area contributed by atoms with Gasteiger partial charge in [0.05, 0.1) is 13.7 Å². The number of nitrogens with zero attached hydrogens (tertiary/aromatic N) is 1. The molecule has 1 saturated carbocycles. The normalized spacial score (nSPS) is 16.6. The smallest absolute Gasteiger partial charge is 0.249 e. The second-order valence-corrected chi connectivity index (χ2v) is 9.77. The number of methoxy groups -OCH3 is 1. The molecule has 0 radical (unpaired) electrons. The molecular formula is C30H31N3O5. The number of Topliss-reactive ketones (excluding diaryl/α,β-unsaturated/α-hetero) is 1. The molecule has 1 aliphatic carbocycles. The van der Waals surface area contributed by atoms with Crippen LogP contribution in [0.5, 0.6) is 17.2 Å². The minimum absolute atomic E-state index is 0.0766. The van der Waals surface area contributed by atoms with Crippen LogP contribution < -0.4 is 25.7 Å². The van der Waals surface area contributed by atoms with Gasteiger partial charge in [-0.05, 0) is 60.0 Å². The van der Waals surface area contributed by atoms with Crippen molar-refractivity contribution in [1.29, 1.82) is 0 Å².